The Morgan fingerprint density at radius 1 is 1.36 bits per heavy atom. The van der Waals surface area contributed by atoms with Gasteiger partial charge in [0, 0.05) is 24.2 Å². The number of alkyl halides is 1. The van der Waals surface area contributed by atoms with Gasteiger partial charge in [0.15, 0.2) is 9.84 Å². The fourth-order valence-electron chi connectivity index (χ4n) is 0.921. The number of rotatable bonds is 7. The molecule has 0 aromatic carbocycles. The minimum absolute atomic E-state index is 0.211. The van der Waals surface area contributed by atoms with Crippen molar-refractivity contribution in [1.82, 2.24) is 5.32 Å². The molecule has 3 nitrogen and oxygen atoms in total. The molecule has 14 heavy (non-hydrogen) atoms. The predicted molar refractivity (Wildman–Crippen MR) is 61.7 cm³/mol. The third-order valence-corrected chi connectivity index (χ3v) is 4.61. The van der Waals surface area contributed by atoms with Gasteiger partial charge in [0.05, 0.1) is 5.75 Å². The fourth-order valence-corrected chi connectivity index (χ4v) is 1.91. The van der Waals surface area contributed by atoms with Crippen molar-refractivity contribution in [2.45, 2.75) is 26.8 Å². The standard InChI is InChI=1S/C9H20ClNO2S/c1-4-14(12,13)6-5-11-9(3)8(2)7-10/h8-9,11H,4-7H2,1-3H3. The number of hydrogen-bond acceptors (Lipinski definition) is 3. The summed E-state index contributed by atoms with van der Waals surface area (Å²) in [6, 6.07) is 0.263. The molecule has 0 aromatic heterocycles. The van der Waals surface area contributed by atoms with Gasteiger partial charge < -0.3 is 5.32 Å². The zero-order valence-electron chi connectivity index (χ0n) is 9.09. The number of hydrogen-bond donors (Lipinski definition) is 1. The normalized spacial score (nSPS) is 16.6. The van der Waals surface area contributed by atoms with Gasteiger partial charge in [-0.15, -0.1) is 11.6 Å². The highest BCUT2D eigenvalue weighted by molar-refractivity contribution is 7.91. The Bertz CT molecular complexity index is 241. The molecule has 0 saturated carbocycles. The SMILES string of the molecule is CCS(=O)(=O)CCNC(C)C(C)CCl. The van der Waals surface area contributed by atoms with E-state index in [0.29, 0.717) is 18.3 Å². The second-order valence-corrected chi connectivity index (χ2v) is 6.39. The molecule has 2 unspecified atom stereocenters. The Labute approximate surface area is 92.1 Å². The van der Waals surface area contributed by atoms with Crippen LogP contribution >= 0.6 is 11.6 Å². The Morgan fingerprint density at radius 2 is 1.93 bits per heavy atom. The topological polar surface area (TPSA) is 46.2 Å². The van der Waals surface area contributed by atoms with E-state index in [2.05, 4.69) is 5.32 Å². The first-order valence-corrected chi connectivity index (χ1v) is 7.28. The van der Waals surface area contributed by atoms with Crippen LogP contribution in [0, 0.1) is 5.92 Å². The largest absolute Gasteiger partial charge is 0.313 e. The van der Waals surface area contributed by atoms with Crippen LogP contribution in [0.15, 0.2) is 0 Å². The molecule has 0 aliphatic rings. The molecule has 5 heteroatoms. The van der Waals surface area contributed by atoms with Crippen molar-refractivity contribution in [3.05, 3.63) is 0 Å². The highest BCUT2D eigenvalue weighted by Crippen LogP contribution is 2.03. The Hall–Kier alpha value is 0.200. The molecular formula is C9H20ClNO2S. The molecule has 0 fully saturated rings. The van der Waals surface area contributed by atoms with Crippen LogP contribution in [0.25, 0.3) is 0 Å². The van der Waals surface area contributed by atoms with Crippen molar-refractivity contribution in [2.24, 2.45) is 5.92 Å². The van der Waals surface area contributed by atoms with E-state index in [0.717, 1.165) is 0 Å². The zero-order chi connectivity index (χ0) is 11.2. The maximum Gasteiger partial charge on any atom is 0.151 e. The van der Waals surface area contributed by atoms with Crippen LogP contribution < -0.4 is 5.32 Å². The van der Waals surface area contributed by atoms with Crippen LogP contribution in [0.2, 0.25) is 0 Å². The van der Waals surface area contributed by atoms with E-state index >= 15 is 0 Å². The molecule has 0 amide bonds. The van der Waals surface area contributed by atoms with Crippen LogP contribution in [0.3, 0.4) is 0 Å². The first-order chi connectivity index (χ1) is 6.43. The van der Waals surface area contributed by atoms with E-state index in [9.17, 15) is 8.42 Å². The number of halogens is 1. The average molecular weight is 242 g/mol. The van der Waals surface area contributed by atoms with Crippen molar-refractivity contribution in [1.29, 1.82) is 0 Å². The van der Waals surface area contributed by atoms with Gasteiger partial charge in [-0.2, -0.15) is 0 Å². The van der Waals surface area contributed by atoms with E-state index in [-0.39, 0.29) is 17.5 Å². The van der Waals surface area contributed by atoms with Crippen molar-refractivity contribution in [2.75, 3.05) is 23.9 Å². The molecule has 0 aliphatic heterocycles. The molecule has 0 aromatic rings. The molecule has 0 rings (SSSR count). The van der Waals surface area contributed by atoms with Crippen molar-refractivity contribution < 1.29 is 8.42 Å². The molecule has 0 bridgehead atoms. The van der Waals surface area contributed by atoms with Gasteiger partial charge in [0.1, 0.15) is 0 Å². The van der Waals surface area contributed by atoms with Crippen molar-refractivity contribution in [3.8, 4) is 0 Å². The minimum atomic E-state index is -2.84. The highest BCUT2D eigenvalue weighted by atomic mass is 35.5. The van der Waals surface area contributed by atoms with Crippen LogP contribution in [0.1, 0.15) is 20.8 Å². The molecule has 1 N–H and O–H groups in total. The third-order valence-electron chi connectivity index (χ3n) is 2.42. The van der Waals surface area contributed by atoms with Crippen molar-refractivity contribution >= 4 is 21.4 Å². The number of sulfone groups is 1. The number of nitrogens with one attached hydrogen (secondary N) is 1. The van der Waals surface area contributed by atoms with E-state index in [1.54, 1.807) is 6.92 Å². The van der Waals surface area contributed by atoms with E-state index in [1.165, 1.54) is 0 Å². The summed E-state index contributed by atoms with van der Waals surface area (Å²) in [4.78, 5) is 0. The van der Waals surface area contributed by atoms with Crippen LogP contribution in [-0.2, 0) is 9.84 Å². The lowest BCUT2D eigenvalue weighted by Crippen LogP contribution is -2.36. The summed E-state index contributed by atoms with van der Waals surface area (Å²) >= 11 is 5.68. The molecule has 0 heterocycles. The monoisotopic (exact) mass is 241 g/mol. The third kappa shape index (κ3) is 5.83. The second-order valence-electron chi connectivity index (χ2n) is 3.61. The van der Waals surface area contributed by atoms with Gasteiger partial charge in [-0.1, -0.05) is 13.8 Å². The molecule has 0 saturated heterocycles. The summed E-state index contributed by atoms with van der Waals surface area (Å²) in [5, 5.41) is 3.16. The van der Waals surface area contributed by atoms with Crippen LogP contribution in [0.5, 0.6) is 0 Å². The summed E-state index contributed by atoms with van der Waals surface area (Å²) in [5.74, 6) is 1.38. The van der Waals surface area contributed by atoms with E-state index in [4.69, 9.17) is 11.6 Å². The van der Waals surface area contributed by atoms with E-state index in [1.807, 2.05) is 13.8 Å². The quantitative estimate of drug-likeness (QED) is 0.683. The van der Waals surface area contributed by atoms with Gasteiger partial charge in [-0.25, -0.2) is 8.42 Å². The summed E-state index contributed by atoms with van der Waals surface area (Å²) < 4.78 is 22.3. The first-order valence-electron chi connectivity index (χ1n) is 4.92. The van der Waals surface area contributed by atoms with Crippen LogP contribution in [0.4, 0.5) is 0 Å². The molecule has 0 aliphatic carbocycles. The smallest absolute Gasteiger partial charge is 0.151 e. The Balaban J connectivity index is 3.75. The van der Waals surface area contributed by atoms with Crippen molar-refractivity contribution in [3.63, 3.8) is 0 Å². The molecule has 0 spiro atoms. The van der Waals surface area contributed by atoms with Gasteiger partial charge in [0.25, 0.3) is 0 Å². The molecule has 0 radical (unpaired) electrons. The first kappa shape index (κ1) is 14.2. The second kappa shape index (κ2) is 6.64. The minimum Gasteiger partial charge on any atom is -0.313 e. The summed E-state index contributed by atoms with van der Waals surface area (Å²) in [6.07, 6.45) is 0. The summed E-state index contributed by atoms with van der Waals surface area (Å²) in [7, 11) is -2.84. The fraction of sp³-hybridized carbons (Fsp3) is 1.00. The van der Waals surface area contributed by atoms with Gasteiger partial charge in [-0.05, 0) is 12.8 Å². The zero-order valence-corrected chi connectivity index (χ0v) is 10.7. The lowest BCUT2D eigenvalue weighted by molar-refractivity contribution is 0.441. The summed E-state index contributed by atoms with van der Waals surface area (Å²) in [6.45, 7) is 6.24. The maximum absolute atomic E-state index is 11.2. The Morgan fingerprint density at radius 3 is 2.36 bits per heavy atom. The Kier molecular flexibility index (Phi) is 6.74. The maximum atomic E-state index is 11.2. The highest BCUT2D eigenvalue weighted by Gasteiger charge is 2.12. The predicted octanol–water partition coefficient (Wildman–Crippen LogP) is 1.27. The van der Waals surface area contributed by atoms with Gasteiger partial charge in [0.2, 0.25) is 0 Å². The molecule has 86 valence electrons. The molecular weight excluding hydrogens is 222 g/mol. The molecule has 2 atom stereocenters. The van der Waals surface area contributed by atoms with Crippen LogP contribution in [-0.4, -0.2) is 38.4 Å². The van der Waals surface area contributed by atoms with Gasteiger partial charge in [-0.3, -0.25) is 0 Å². The lowest BCUT2D eigenvalue weighted by atomic mass is 10.1. The van der Waals surface area contributed by atoms with E-state index < -0.39 is 9.84 Å². The summed E-state index contributed by atoms with van der Waals surface area (Å²) in [5.41, 5.74) is 0. The lowest BCUT2D eigenvalue weighted by Gasteiger charge is -2.18. The average Bonchev–Trinajstić information content (AvgIpc) is 2.16. The van der Waals surface area contributed by atoms with Gasteiger partial charge >= 0.3 is 0 Å².